The lowest BCUT2D eigenvalue weighted by molar-refractivity contribution is -0.274. The fraction of sp³-hybridized carbons (Fsp3) is 0.118. The maximum Gasteiger partial charge on any atom is 0.573 e. The molecule has 1 amide bonds. The Morgan fingerprint density at radius 1 is 1.16 bits per heavy atom. The number of nitrogens with two attached hydrogens (primary N) is 1. The summed E-state index contributed by atoms with van der Waals surface area (Å²) < 4.78 is 40.3. The summed E-state index contributed by atoms with van der Waals surface area (Å²) >= 11 is 0. The van der Waals surface area contributed by atoms with Crippen molar-refractivity contribution >= 4 is 28.5 Å². The van der Waals surface area contributed by atoms with E-state index in [1.165, 1.54) is 24.3 Å². The molecule has 8 heteroatoms. The quantitative estimate of drug-likeness (QED) is 0.579. The number of carbonyl (C=O) groups excluding carboxylic acids is 1. The van der Waals surface area contributed by atoms with Crippen LogP contribution in [0, 0.1) is 0 Å². The van der Waals surface area contributed by atoms with Crippen molar-refractivity contribution < 1.29 is 22.7 Å². The second kappa shape index (κ2) is 6.04. The van der Waals surface area contributed by atoms with Crippen LogP contribution in [0.2, 0.25) is 0 Å². The lowest BCUT2D eigenvalue weighted by Crippen LogP contribution is -2.17. The molecule has 3 rings (SSSR count). The van der Waals surface area contributed by atoms with Gasteiger partial charge in [0.15, 0.2) is 0 Å². The zero-order chi connectivity index (χ0) is 18.2. The van der Waals surface area contributed by atoms with Crippen molar-refractivity contribution in [2.75, 3.05) is 16.4 Å². The normalized spacial score (nSPS) is 15.4. The van der Waals surface area contributed by atoms with E-state index < -0.39 is 6.36 Å². The number of rotatable bonds is 3. The molecule has 0 spiro atoms. The fourth-order valence-electron chi connectivity index (χ4n) is 2.58. The molecule has 25 heavy (non-hydrogen) atoms. The third-order valence-electron chi connectivity index (χ3n) is 3.58. The third-order valence-corrected chi connectivity index (χ3v) is 3.58. The van der Waals surface area contributed by atoms with Gasteiger partial charge in [0.25, 0.3) is 5.91 Å². The predicted molar refractivity (Wildman–Crippen MR) is 88.8 cm³/mol. The molecule has 130 valence electrons. The van der Waals surface area contributed by atoms with Crippen LogP contribution in [0.25, 0.3) is 5.57 Å². The van der Waals surface area contributed by atoms with Crippen molar-refractivity contribution in [2.45, 2.75) is 13.3 Å². The van der Waals surface area contributed by atoms with Gasteiger partial charge in [0, 0.05) is 28.3 Å². The third kappa shape index (κ3) is 3.68. The lowest BCUT2D eigenvalue weighted by atomic mass is 10.0. The maximum absolute atomic E-state index is 12.2. The van der Waals surface area contributed by atoms with Crippen LogP contribution in [-0.2, 0) is 4.79 Å². The zero-order valence-corrected chi connectivity index (χ0v) is 13.1. The lowest BCUT2D eigenvalue weighted by Gasteiger charge is -2.12. The van der Waals surface area contributed by atoms with E-state index in [4.69, 9.17) is 5.73 Å². The number of carbonyl (C=O) groups is 1. The number of nitrogen functional groups attached to an aromatic ring is 1. The molecule has 0 saturated carbocycles. The van der Waals surface area contributed by atoms with Crippen LogP contribution in [0.1, 0.15) is 12.5 Å². The number of benzene rings is 2. The van der Waals surface area contributed by atoms with Crippen LogP contribution in [0.5, 0.6) is 5.75 Å². The average Bonchev–Trinajstić information content (AvgIpc) is 2.83. The second-order valence-corrected chi connectivity index (χ2v) is 5.46. The fourth-order valence-corrected chi connectivity index (χ4v) is 2.58. The molecule has 4 N–H and O–H groups in total. The van der Waals surface area contributed by atoms with E-state index >= 15 is 0 Å². The molecule has 2 aromatic rings. The number of alkyl halides is 3. The van der Waals surface area contributed by atoms with Gasteiger partial charge in [0.2, 0.25) is 0 Å². The number of hydrogen-bond acceptors (Lipinski definition) is 4. The van der Waals surface area contributed by atoms with Crippen LogP contribution < -0.4 is 21.1 Å². The van der Waals surface area contributed by atoms with Gasteiger partial charge in [0.05, 0.1) is 5.57 Å². The monoisotopic (exact) mass is 349 g/mol. The Bertz CT molecular complexity index is 858. The molecule has 0 bridgehead atoms. The van der Waals surface area contributed by atoms with Crippen molar-refractivity contribution in [3.05, 3.63) is 53.7 Å². The van der Waals surface area contributed by atoms with Crippen LogP contribution >= 0.6 is 0 Å². The van der Waals surface area contributed by atoms with Crippen LogP contribution in [0.15, 0.2) is 48.2 Å². The second-order valence-electron chi connectivity index (χ2n) is 5.46. The first-order chi connectivity index (χ1) is 11.7. The van der Waals surface area contributed by atoms with Crippen LogP contribution in [0.3, 0.4) is 0 Å². The van der Waals surface area contributed by atoms with Crippen molar-refractivity contribution in [3.63, 3.8) is 0 Å². The highest BCUT2D eigenvalue weighted by atomic mass is 19.4. The van der Waals surface area contributed by atoms with E-state index in [0.717, 1.165) is 0 Å². The molecule has 0 aromatic heterocycles. The van der Waals surface area contributed by atoms with E-state index in [1.807, 2.05) is 0 Å². The summed E-state index contributed by atoms with van der Waals surface area (Å²) in [6, 6.07) is 10.3. The number of halogens is 3. The smallest absolute Gasteiger partial charge is 0.406 e. The number of ether oxygens (including phenoxy) is 1. The van der Waals surface area contributed by atoms with Gasteiger partial charge in [-0.3, -0.25) is 4.79 Å². The molecule has 0 radical (unpaired) electrons. The predicted octanol–water partition coefficient (Wildman–Crippen LogP) is 3.96. The van der Waals surface area contributed by atoms with Gasteiger partial charge in [-0.25, -0.2) is 0 Å². The van der Waals surface area contributed by atoms with Gasteiger partial charge in [-0.2, -0.15) is 0 Å². The highest BCUT2D eigenvalue weighted by Gasteiger charge is 2.31. The molecule has 1 aliphatic heterocycles. The van der Waals surface area contributed by atoms with Crippen molar-refractivity contribution in [1.82, 2.24) is 0 Å². The molecule has 1 aliphatic rings. The molecule has 0 unspecified atom stereocenters. The van der Waals surface area contributed by atoms with Crippen LogP contribution in [-0.4, -0.2) is 12.3 Å². The molecule has 0 saturated heterocycles. The number of fused-ring (bicyclic) bond motifs is 1. The van der Waals surface area contributed by atoms with Gasteiger partial charge < -0.3 is 21.1 Å². The van der Waals surface area contributed by atoms with E-state index in [-0.39, 0.29) is 11.7 Å². The maximum atomic E-state index is 12.2. The molecular weight excluding hydrogens is 335 g/mol. The van der Waals surface area contributed by atoms with E-state index in [1.54, 1.807) is 25.1 Å². The Balaban J connectivity index is 1.85. The first-order valence-corrected chi connectivity index (χ1v) is 7.28. The topological polar surface area (TPSA) is 76.4 Å². The van der Waals surface area contributed by atoms with E-state index in [0.29, 0.717) is 33.9 Å². The molecular formula is C17H14F3N3O2. The van der Waals surface area contributed by atoms with E-state index in [9.17, 15) is 18.0 Å². The Morgan fingerprint density at radius 2 is 1.84 bits per heavy atom. The summed E-state index contributed by atoms with van der Waals surface area (Å²) in [6.45, 7) is 1.70. The molecule has 0 aliphatic carbocycles. The number of hydrogen-bond donors (Lipinski definition) is 3. The van der Waals surface area contributed by atoms with Crippen molar-refractivity contribution in [3.8, 4) is 5.75 Å². The summed E-state index contributed by atoms with van der Waals surface area (Å²) in [6.07, 6.45) is -4.74. The van der Waals surface area contributed by atoms with Gasteiger partial charge in [0.1, 0.15) is 5.75 Å². The standard InChI is InChI=1S/C17H14F3N3O2/c1-9(15-13-8-10(21)2-7-14(13)23-16(15)24)22-11-3-5-12(6-4-11)25-17(18,19)20/h2-8,22H,21H2,1H3,(H,23,24). The first-order valence-electron chi connectivity index (χ1n) is 7.28. The molecule has 2 aromatic carbocycles. The molecule has 0 atom stereocenters. The Hall–Kier alpha value is -3.16. The van der Waals surface area contributed by atoms with Crippen molar-refractivity contribution in [1.29, 1.82) is 0 Å². The van der Waals surface area contributed by atoms with Gasteiger partial charge in [-0.1, -0.05) is 0 Å². The largest absolute Gasteiger partial charge is 0.573 e. The van der Waals surface area contributed by atoms with Gasteiger partial charge >= 0.3 is 6.36 Å². The highest BCUT2D eigenvalue weighted by molar-refractivity contribution is 6.32. The minimum absolute atomic E-state index is 0.275. The highest BCUT2D eigenvalue weighted by Crippen LogP contribution is 2.35. The first kappa shape index (κ1) is 16.7. The molecule has 5 nitrogen and oxygen atoms in total. The number of nitrogens with one attached hydrogen (secondary N) is 2. The summed E-state index contributed by atoms with van der Waals surface area (Å²) in [7, 11) is 0. The van der Waals surface area contributed by atoms with Gasteiger partial charge in [-0.05, 0) is 49.4 Å². The molecule has 1 heterocycles. The van der Waals surface area contributed by atoms with Crippen LogP contribution in [0.4, 0.5) is 30.2 Å². The summed E-state index contributed by atoms with van der Waals surface area (Å²) in [4.78, 5) is 12.2. The zero-order valence-electron chi connectivity index (χ0n) is 13.1. The summed E-state index contributed by atoms with van der Waals surface area (Å²) in [5, 5.41) is 5.74. The van der Waals surface area contributed by atoms with Gasteiger partial charge in [-0.15, -0.1) is 13.2 Å². The number of allylic oxidation sites excluding steroid dienone is 1. The minimum Gasteiger partial charge on any atom is -0.406 e. The summed E-state index contributed by atoms with van der Waals surface area (Å²) in [5.41, 5.74) is 9.12. The Kier molecular flexibility index (Phi) is 4.03. The SMILES string of the molecule is CC(Nc1ccc(OC(F)(F)F)cc1)=C1C(=O)Nc2ccc(N)cc21. The Morgan fingerprint density at radius 3 is 2.48 bits per heavy atom. The van der Waals surface area contributed by atoms with Crippen molar-refractivity contribution in [2.24, 2.45) is 0 Å². The average molecular weight is 349 g/mol. The number of amides is 1. The number of anilines is 3. The summed E-state index contributed by atoms with van der Waals surface area (Å²) in [5.74, 6) is -0.595. The Labute approximate surface area is 141 Å². The minimum atomic E-state index is -4.74. The van der Waals surface area contributed by atoms with E-state index in [2.05, 4.69) is 15.4 Å². The molecule has 0 fully saturated rings.